The van der Waals surface area contributed by atoms with Crippen molar-refractivity contribution in [2.45, 2.75) is 0 Å². The van der Waals surface area contributed by atoms with Crippen LogP contribution >= 0.6 is 0 Å². The third-order valence-electron chi connectivity index (χ3n) is 0.961. The molecule has 0 heterocycles. The second kappa shape index (κ2) is 4.26. The van der Waals surface area contributed by atoms with E-state index in [4.69, 9.17) is 0 Å². The van der Waals surface area contributed by atoms with E-state index in [0.717, 1.165) is 0 Å². The van der Waals surface area contributed by atoms with Crippen molar-refractivity contribution in [2.24, 2.45) is 0 Å². The Labute approximate surface area is 77.6 Å². The summed E-state index contributed by atoms with van der Waals surface area (Å²) < 4.78 is 86.8. The zero-order chi connectivity index (χ0) is 11.6. The summed E-state index contributed by atoms with van der Waals surface area (Å²) in [5, 5.41) is 0. The van der Waals surface area contributed by atoms with E-state index in [1.807, 2.05) is 0 Å². The Morgan fingerprint density at radius 1 is 0.857 bits per heavy atom. The normalized spacial score (nSPS) is 12.6. The van der Waals surface area contributed by atoms with Gasteiger partial charge in [-0.25, -0.2) is 0 Å². The summed E-state index contributed by atoms with van der Waals surface area (Å²) in [6.07, 6.45) is -2.73. The van der Waals surface area contributed by atoms with E-state index in [9.17, 15) is 33.4 Å². The van der Waals surface area contributed by atoms with Gasteiger partial charge in [0.1, 0.15) is 11.5 Å². The van der Waals surface area contributed by atoms with Gasteiger partial charge in [-0.05, 0) is 0 Å². The van der Waals surface area contributed by atoms with E-state index in [0.29, 0.717) is 0 Å². The molecule has 0 radical (unpaired) electrons. The molecule has 0 bridgehead atoms. The van der Waals surface area contributed by atoms with Gasteiger partial charge in [0.05, 0.1) is 0 Å². The SMILES string of the molecule is O=S(=O)(F)CC(CS(=O)(=O)F)=C(F)F. The van der Waals surface area contributed by atoms with Crippen LogP contribution in [0.3, 0.4) is 0 Å². The molecular weight excluding hydrogens is 252 g/mol. The monoisotopic (exact) mass is 256 g/mol. The molecule has 4 nitrogen and oxygen atoms in total. The fourth-order valence-corrected chi connectivity index (χ4v) is 1.95. The number of rotatable bonds is 4. The first-order chi connectivity index (χ1) is 6.01. The molecule has 0 rings (SSSR count). The van der Waals surface area contributed by atoms with Crippen molar-refractivity contribution in [3.63, 3.8) is 0 Å². The van der Waals surface area contributed by atoms with Gasteiger partial charge in [0, 0.05) is 5.57 Å². The number of hydrogen-bond acceptors (Lipinski definition) is 4. The molecule has 10 heteroatoms. The molecule has 0 aromatic heterocycles. The lowest BCUT2D eigenvalue weighted by atomic mass is 10.4. The van der Waals surface area contributed by atoms with Crippen molar-refractivity contribution in [2.75, 3.05) is 11.5 Å². The molecule has 0 amide bonds. The van der Waals surface area contributed by atoms with E-state index in [-0.39, 0.29) is 0 Å². The standard InChI is InChI=1S/C4H4F4O4S2/c5-4(6)3(1-13(7,9)10)2-14(8,11)12/h1-2H2. The fraction of sp³-hybridized carbons (Fsp3) is 0.500. The highest BCUT2D eigenvalue weighted by molar-refractivity contribution is 7.87. The van der Waals surface area contributed by atoms with E-state index >= 15 is 0 Å². The molecule has 0 unspecified atom stereocenters. The summed E-state index contributed by atoms with van der Waals surface area (Å²) in [5.74, 6) is -3.67. The zero-order valence-electron chi connectivity index (χ0n) is 6.38. The Morgan fingerprint density at radius 2 is 1.14 bits per heavy atom. The maximum atomic E-state index is 11.9. The van der Waals surface area contributed by atoms with Crippen molar-refractivity contribution in [3.8, 4) is 0 Å². The van der Waals surface area contributed by atoms with Crippen molar-refractivity contribution in [1.29, 1.82) is 0 Å². The first-order valence-corrected chi connectivity index (χ1v) is 5.99. The third kappa shape index (κ3) is 6.83. The Bertz CT molecular complexity index is 394. The highest BCUT2D eigenvalue weighted by Crippen LogP contribution is 2.14. The predicted molar refractivity (Wildman–Crippen MR) is 39.0 cm³/mol. The van der Waals surface area contributed by atoms with Crippen LogP contribution in [0, 0.1) is 0 Å². The molecule has 0 saturated heterocycles. The van der Waals surface area contributed by atoms with Crippen LogP contribution in [0.2, 0.25) is 0 Å². The van der Waals surface area contributed by atoms with Crippen LogP contribution in [0.1, 0.15) is 0 Å². The topological polar surface area (TPSA) is 68.3 Å². The minimum atomic E-state index is -5.31. The number of hydrogen-bond donors (Lipinski definition) is 0. The van der Waals surface area contributed by atoms with Crippen LogP contribution in [0.25, 0.3) is 0 Å². The van der Waals surface area contributed by atoms with Gasteiger partial charge in [0.2, 0.25) is 0 Å². The minimum Gasteiger partial charge on any atom is -0.195 e. The fourth-order valence-electron chi connectivity index (χ4n) is 0.567. The van der Waals surface area contributed by atoms with Crippen molar-refractivity contribution in [3.05, 3.63) is 11.7 Å². The maximum absolute atomic E-state index is 11.9. The van der Waals surface area contributed by atoms with E-state index in [1.54, 1.807) is 0 Å². The third-order valence-corrected chi connectivity index (χ3v) is 2.35. The summed E-state index contributed by atoms with van der Waals surface area (Å²) >= 11 is 0. The molecule has 84 valence electrons. The molecular formula is C4H4F4O4S2. The second-order valence-electron chi connectivity index (χ2n) is 2.23. The Morgan fingerprint density at radius 3 is 1.29 bits per heavy atom. The average Bonchev–Trinajstić information content (AvgIpc) is 1.78. The lowest BCUT2D eigenvalue weighted by Crippen LogP contribution is -2.11. The summed E-state index contributed by atoms with van der Waals surface area (Å²) in [6, 6.07) is 0. The van der Waals surface area contributed by atoms with Crippen LogP contribution < -0.4 is 0 Å². The molecule has 0 atom stereocenters. The van der Waals surface area contributed by atoms with E-state index < -0.39 is 43.6 Å². The van der Waals surface area contributed by atoms with Gasteiger partial charge in [0.25, 0.3) is 6.08 Å². The Kier molecular flexibility index (Phi) is 4.06. The maximum Gasteiger partial charge on any atom is 0.306 e. The van der Waals surface area contributed by atoms with Crippen molar-refractivity contribution < 1.29 is 33.4 Å². The van der Waals surface area contributed by atoms with Crippen LogP contribution in [0.5, 0.6) is 0 Å². The molecule has 0 fully saturated rings. The van der Waals surface area contributed by atoms with Crippen molar-refractivity contribution in [1.82, 2.24) is 0 Å². The van der Waals surface area contributed by atoms with Gasteiger partial charge in [0.15, 0.2) is 0 Å². The van der Waals surface area contributed by atoms with Gasteiger partial charge < -0.3 is 0 Å². The first-order valence-electron chi connectivity index (χ1n) is 2.89. The van der Waals surface area contributed by atoms with Gasteiger partial charge in [-0.2, -0.15) is 25.6 Å². The molecule has 0 spiro atoms. The van der Waals surface area contributed by atoms with Crippen LogP contribution in [0.4, 0.5) is 16.6 Å². The highest BCUT2D eigenvalue weighted by atomic mass is 32.3. The van der Waals surface area contributed by atoms with Gasteiger partial charge in [-0.15, -0.1) is 7.77 Å². The molecule has 0 aliphatic rings. The highest BCUT2D eigenvalue weighted by Gasteiger charge is 2.22. The smallest absolute Gasteiger partial charge is 0.195 e. The van der Waals surface area contributed by atoms with Gasteiger partial charge in [-0.1, -0.05) is 0 Å². The Hall–Kier alpha value is -0.640. The molecule has 14 heavy (non-hydrogen) atoms. The summed E-state index contributed by atoms with van der Waals surface area (Å²) in [6.45, 7) is 0. The van der Waals surface area contributed by atoms with Crippen LogP contribution in [-0.2, 0) is 20.4 Å². The quantitative estimate of drug-likeness (QED) is 0.549. The van der Waals surface area contributed by atoms with Crippen LogP contribution in [-0.4, -0.2) is 28.3 Å². The molecule has 0 aliphatic heterocycles. The predicted octanol–water partition coefficient (Wildman–Crippen LogP) is 0.736. The minimum absolute atomic E-state index is 1.62. The average molecular weight is 256 g/mol. The second-order valence-corrected chi connectivity index (χ2v) is 4.96. The zero-order valence-corrected chi connectivity index (χ0v) is 8.01. The molecule has 0 aliphatic carbocycles. The lowest BCUT2D eigenvalue weighted by Gasteiger charge is -1.98. The summed E-state index contributed by atoms with van der Waals surface area (Å²) in [5.41, 5.74) is -1.62. The van der Waals surface area contributed by atoms with Crippen LogP contribution in [0.15, 0.2) is 11.7 Å². The van der Waals surface area contributed by atoms with Gasteiger partial charge >= 0.3 is 20.4 Å². The number of halogens is 4. The molecule has 0 saturated carbocycles. The lowest BCUT2D eigenvalue weighted by molar-refractivity contribution is 0.410. The van der Waals surface area contributed by atoms with Crippen molar-refractivity contribution >= 4 is 20.4 Å². The summed E-state index contributed by atoms with van der Waals surface area (Å²) in [7, 11) is -10.6. The van der Waals surface area contributed by atoms with Gasteiger partial charge in [-0.3, -0.25) is 0 Å². The molecule has 0 N–H and O–H groups in total. The summed E-state index contributed by atoms with van der Waals surface area (Å²) in [4.78, 5) is 0. The largest absolute Gasteiger partial charge is 0.306 e. The van der Waals surface area contributed by atoms with E-state index in [1.165, 1.54) is 0 Å². The Balaban J connectivity index is 4.96. The molecule has 0 aromatic carbocycles. The molecule has 0 aromatic rings. The van der Waals surface area contributed by atoms with E-state index in [2.05, 4.69) is 0 Å². The first kappa shape index (κ1) is 13.4.